The van der Waals surface area contributed by atoms with Crippen molar-refractivity contribution in [3.63, 3.8) is 0 Å². The van der Waals surface area contributed by atoms with E-state index in [2.05, 4.69) is 0 Å². The van der Waals surface area contributed by atoms with Gasteiger partial charge in [0, 0.05) is 12.2 Å². The van der Waals surface area contributed by atoms with Crippen molar-refractivity contribution in [2.45, 2.75) is 13.3 Å². The molecule has 5 heteroatoms. The van der Waals surface area contributed by atoms with E-state index < -0.39 is 6.03 Å². The van der Waals surface area contributed by atoms with Gasteiger partial charge in [0.1, 0.15) is 5.82 Å². The van der Waals surface area contributed by atoms with Crippen LogP contribution in [-0.2, 0) is 0 Å². The Labute approximate surface area is 87.3 Å². The van der Waals surface area contributed by atoms with E-state index in [0.29, 0.717) is 12.2 Å². The van der Waals surface area contributed by atoms with Gasteiger partial charge in [-0.05, 0) is 30.7 Å². The third kappa shape index (κ3) is 2.92. The van der Waals surface area contributed by atoms with Gasteiger partial charge in [-0.2, -0.15) is 0 Å². The van der Waals surface area contributed by atoms with E-state index in [4.69, 9.17) is 5.21 Å². The van der Waals surface area contributed by atoms with Crippen LogP contribution in [0.1, 0.15) is 13.3 Å². The minimum absolute atomic E-state index is 0.361. The number of nitrogens with one attached hydrogen (secondary N) is 1. The Bertz CT molecular complexity index is 327. The molecule has 1 rings (SSSR count). The maximum atomic E-state index is 12.7. The van der Waals surface area contributed by atoms with Gasteiger partial charge < -0.3 is 0 Å². The standard InChI is InChI=1S/C10H13FN2O2/c1-2-7-13(10(14)12-15)9-5-3-8(11)4-6-9/h3-6,15H,2,7H2,1H3,(H,12,14). The topological polar surface area (TPSA) is 52.6 Å². The summed E-state index contributed by atoms with van der Waals surface area (Å²) in [6.45, 7) is 2.36. The second-order valence-electron chi connectivity index (χ2n) is 3.05. The van der Waals surface area contributed by atoms with Gasteiger partial charge in [0.2, 0.25) is 0 Å². The molecule has 1 aromatic rings. The van der Waals surface area contributed by atoms with Gasteiger partial charge in [-0.25, -0.2) is 14.7 Å². The summed E-state index contributed by atoms with van der Waals surface area (Å²) in [5, 5.41) is 8.53. The minimum Gasteiger partial charge on any atom is -0.293 e. The number of carbonyl (C=O) groups excluding carboxylic acids is 1. The number of amides is 2. The van der Waals surface area contributed by atoms with E-state index in [-0.39, 0.29) is 5.82 Å². The van der Waals surface area contributed by atoms with Gasteiger partial charge in [-0.15, -0.1) is 0 Å². The Kier molecular flexibility index (Phi) is 4.05. The predicted molar refractivity (Wildman–Crippen MR) is 54.4 cm³/mol. The van der Waals surface area contributed by atoms with E-state index in [1.807, 2.05) is 6.92 Å². The monoisotopic (exact) mass is 212 g/mol. The zero-order chi connectivity index (χ0) is 11.3. The molecule has 2 amide bonds. The van der Waals surface area contributed by atoms with Crippen LogP contribution in [0.4, 0.5) is 14.9 Å². The summed E-state index contributed by atoms with van der Waals surface area (Å²) in [5.41, 5.74) is 2.10. The first-order valence-electron chi connectivity index (χ1n) is 4.66. The average Bonchev–Trinajstić information content (AvgIpc) is 2.26. The highest BCUT2D eigenvalue weighted by atomic mass is 19.1. The number of hydrogen-bond acceptors (Lipinski definition) is 2. The summed E-state index contributed by atoms with van der Waals surface area (Å²) < 4.78 is 12.7. The first-order valence-corrected chi connectivity index (χ1v) is 4.66. The summed E-state index contributed by atoms with van der Waals surface area (Å²) in [6.07, 6.45) is 0.741. The number of nitrogens with zero attached hydrogens (tertiary/aromatic N) is 1. The molecule has 0 saturated heterocycles. The zero-order valence-electron chi connectivity index (χ0n) is 8.40. The molecule has 0 atom stereocenters. The quantitative estimate of drug-likeness (QED) is 0.595. The molecule has 0 heterocycles. The molecule has 0 spiro atoms. The maximum Gasteiger partial charge on any atom is 0.345 e. The number of rotatable bonds is 3. The van der Waals surface area contributed by atoms with E-state index in [0.717, 1.165) is 6.42 Å². The van der Waals surface area contributed by atoms with Crippen LogP contribution in [0.3, 0.4) is 0 Å². The minimum atomic E-state index is -0.622. The fourth-order valence-electron chi connectivity index (χ4n) is 1.25. The van der Waals surface area contributed by atoms with Crippen molar-refractivity contribution >= 4 is 11.7 Å². The molecule has 0 aliphatic carbocycles. The molecule has 0 unspecified atom stereocenters. The van der Waals surface area contributed by atoms with Crippen LogP contribution in [0, 0.1) is 5.82 Å². The van der Waals surface area contributed by atoms with Crippen molar-refractivity contribution < 1.29 is 14.4 Å². The van der Waals surface area contributed by atoms with Gasteiger partial charge in [-0.1, -0.05) is 6.92 Å². The van der Waals surface area contributed by atoms with Crippen molar-refractivity contribution in [3.05, 3.63) is 30.1 Å². The molecular weight excluding hydrogens is 199 g/mol. The molecular formula is C10H13FN2O2. The van der Waals surface area contributed by atoms with Crippen LogP contribution < -0.4 is 10.4 Å². The second-order valence-corrected chi connectivity index (χ2v) is 3.05. The molecule has 0 fully saturated rings. The van der Waals surface area contributed by atoms with E-state index in [9.17, 15) is 9.18 Å². The van der Waals surface area contributed by atoms with Crippen LogP contribution in [0.5, 0.6) is 0 Å². The highest BCUT2D eigenvalue weighted by molar-refractivity contribution is 5.91. The largest absolute Gasteiger partial charge is 0.345 e. The number of halogens is 1. The van der Waals surface area contributed by atoms with Crippen molar-refractivity contribution in [3.8, 4) is 0 Å². The molecule has 0 radical (unpaired) electrons. The van der Waals surface area contributed by atoms with Crippen molar-refractivity contribution in [1.29, 1.82) is 0 Å². The molecule has 15 heavy (non-hydrogen) atoms. The smallest absolute Gasteiger partial charge is 0.293 e. The molecule has 82 valence electrons. The average molecular weight is 212 g/mol. The van der Waals surface area contributed by atoms with Gasteiger partial charge in [0.25, 0.3) is 0 Å². The van der Waals surface area contributed by atoms with Crippen molar-refractivity contribution in [2.75, 3.05) is 11.4 Å². The van der Waals surface area contributed by atoms with Crippen LogP contribution in [0.15, 0.2) is 24.3 Å². The molecule has 0 saturated carbocycles. The van der Waals surface area contributed by atoms with E-state index in [1.165, 1.54) is 29.2 Å². The maximum absolute atomic E-state index is 12.7. The van der Waals surface area contributed by atoms with Gasteiger partial charge in [-0.3, -0.25) is 10.1 Å². The Balaban J connectivity index is 2.88. The lowest BCUT2D eigenvalue weighted by atomic mass is 10.2. The van der Waals surface area contributed by atoms with Crippen LogP contribution in [0.2, 0.25) is 0 Å². The Morgan fingerprint density at radius 1 is 1.47 bits per heavy atom. The van der Waals surface area contributed by atoms with Crippen molar-refractivity contribution in [2.24, 2.45) is 0 Å². The number of benzene rings is 1. The fraction of sp³-hybridized carbons (Fsp3) is 0.300. The van der Waals surface area contributed by atoms with Crippen molar-refractivity contribution in [1.82, 2.24) is 5.48 Å². The Morgan fingerprint density at radius 2 is 2.07 bits per heavy atom. The molecule has 0 aliphatic rings. The Morgan fingerprint density at radius 3 is 2.53 bits per heavy atom. The number of anilines is 1. The van der Waals surface area contributed by atoms with Gasteiger partial charge in [0.05, 0.1) is 0 Å². The zero-order valence-corrected chi connectivity index (χ0v) is 8.40. The van der Waals surface area contributed by atoms with E-state index >= 15 is 0 Å². The first kappa shape index (κ1) is 11.5. The number of hydroxylamine groups is 1. The number of urea groups is 1. The molecule has 1 aromatic carbocycles. The summed E-state index contributed by atoms with van der Waals surface area (Å²) in [4.78, 5) is 12.6. The lowest BCUT2D eigenvalue weighted by Crippen LogP contribution is -2.38. The molecule has 4 nitrogen and oxygen atoms in total. The van der Waals surface area contributed by atoms with Gasteiger partial charge >= 0.3 is 6.03 Å². The number of hydrogen-bond donors (Lipinski definition) is 2. The summed E-state index contributed by atoms with van der Waals surface area (Å²) in [5.74, 6) is -0.361. The number of carbonyl (C=O) groups is 1. The van der Waals surface area contributed by atoms with Crippen LogP contribution in [0.25, 0.3) is 0 Å². The van der Waals surface area contributed by atoms with Crippen LogP contribution in [-0.4, -0.2) is 17.8 Å². The Hall–Kier alpha value is -1.62. The lowest BCUT2D eigenvalue weighted by molar-refractivity contribution is 0.167. The molecule has 2 N–H and O–H groups in total. The highest BCUT2D eigenvalue weighted by Gasteiger charge is 2.13. The first-order chi connectivity index (χ1) is 7.19. The molecule has 0 bridgehead atoms. The van der Waals surface area contributed by atoms with E-state index in [1.54, 1.807) is 5.48 Å². The predicted octanol–water partition coefficient (Wildman–Crippen LogP) is 2.14. The lowest BCUT2D eigenvalue weighted by Gasteiger charge is -2.20. The SMILES string of the molecule is CCCN(C(=O)NO)c1ccc(F)cc1. The molecule has 0 aliphatic heterocycles. The second kappa shape index (κ2) is 5.31. The highest BCUT2D eigenvalue weighted by Crippen LogP contribution is 2.15. The summed E-state index contributed by atoms with van der Waals surface area (Å²) >= 11 is 0. The third-order valence-electron chi connectivity index (χ3n) is 1.93. The fourth-order valence-corrected chi connectivity index (χ4v) is 1.25. The van der Waals surface area contributed by atoms with Gasteiger partial charge in [0.15, 0.2) is 0 Å². The molecule has 0 aromatic heterocycles. The normalized spacial score (nSPS) is 9.80. The summed E-state index contributed by atoms with van der Waals surface area (Å²) in [6, 6.07) is 4.88. The third-order valence-corrected chi connectivity index (χ3v) is 1.93. The van der Waals surface area contributed by atoms with Crippen LogP contribution >= 0.6 is 0 Å². The summed E-state index contributed by atoms with van der Waals surface area (Å²) in [7, 11) is 0.